The third-order valence-corrected chi connectivity index (χ3v) is 2.14. The molecule has 1 aromatic rings. The van der Waals surface area contributed by atoms with Gasteiger partial charge in [-0.3, -0.25) is 4.79 Å². The number of ketones is 1. The van der Waals surface area contributed by atoms with Crippen LogP contribution in [0.2, 0.25) is 5.02 Å². The number of carboxylic acids is 1. The van der Waals surface area contributed by atoms with Crippen LogP contribution in [0.4, 0.5) is 0 Å². The van der Waals surface area contributed by atoms with Crippen LogP contribution in [-0.2, 0) is 4.79 Å². The van der Waals surface area contributed by atoms with Crippen molar-refractivity contribution in [2.24, 2.45) is 0 Å². The Morgan fingerprint density at radius 1 is 1.40 bits per heavy atom. The van der Waals surface area contributed by atoms with E-state index in [0.717, 1.165) is 6.08 Å². The fourth-order valence-corrected chi connectivity index (χ4v) is 1.29. The number of carboxylic acid groups (broad SMARTS) is 1. The number of hydrogen-bond donors (Lipinski definition) is 1. The molecule has 0 aromatic heterocycles. The Hall–Kier alpha value is -1.61. The number of carbonyl (C=O) groups is 2. The monoisotopic (exact) mass is 224 g/mol. The van der Waals surface area contributed by atoms with Gasteiger partial charge in [-0.05, 0) is 24.6 Å². The lowest BCUT2D eigenvalue weighted by Gasteiger charge is -2.00. The Labute approximate surface area is 92.0 Å². The Morgan fingerprint density at radius 3 is 2.53 bits per heavy atom. The molecule has 0 bridgehead atoms. The third-order valence-electron chi connectivity index (χ3n) is 1.81. The van der Waals surface area contributed by atoms with Crippen molar-refractivity contribution in [1.82, 2.24) is 0 Å². The zero-order chi connectivity index (χ0) is 11.4. The Bertz CT molecular complexity index is 435. The van der Waals surface area contributed by atoms with Crippen molar-refractivity contribution in [1.29, 1.82) is 0 Å². The van der Waals surface area contributed by atoms with E-state index in [4.69, 9.17) is 16.7 Å². The number of halogens is 1. The van der Waals surface area contributed by atoms with Crippen molar-refractivity contribution in [3.05, 3.63) is 40.4 Å². The molecular weight excluding hydrogens is 216 g/mol. The molecule has 0 fully saturated rings. The molecule has 0 spiro atoms. The highest BCUT2D eigenvalue weighted by molar-refractivity contribution is 6.32. The minimum Gasteiger partial charge on any atom is -0.478 e. The Kier molecular flexibility index (Phi) is 3.63. The second-order valence-electron chi connectivity index (χ2n) is 2.96. The first-order valence-electron chi connectivity index (χ1n) is 4.22. The van der Waals surface area contributed by atoms with Crippen LogP contribution in [0.1, 0.15) is 22.8 Å². The highest BCUT2D eigenvalue weighted by Crippen LogP contribution is 2.19. The first-order valence-corrected chi connectivity index (χ1v) is 4.60. The predicted molar refractivity (Wildman–Crippen MR) is 58.1 cm³/mol. The molecule has 0 saturated carbocycles. The van der Waals surface area contributed by atoms with Gasteiger partial charge in [0, 0.05) is 16.7 Å². The zero-order valence-corrected chi connectivity index (χ0v) is 8.78. The van der Waals surface area contributed by atoms with Gasteiger partial charge in [0.15, 0.2) is 5.78 Å². The SMILES string of the molecule is CC(=O)c1ccc(C=CC(=O)O)c(Cl)c1. The van der Waals surface area contributed by atoms with Crippen molar-refractivity contribution in [2.75, 3.05) is 0 Å². The molecule has 0 aliphatic carbocycles. The van der Waals surface area contributed by atoms with E-state index >= 15 is 0 Å². The van der Waals surface area contributed by atoms with E-state index in [1.54, 1.807) is 12.1 Å². The van der Waals surface area contributed by atoms with Crippen LogP contribution < -0.4 is 0 Å². The molecule has 0 heterocycles. The zero-order valence-electron chi connectivity index (χ0n) is 8.03. The first-order chi connectivity index (χ1) is 7.00. The van der Waals surface area contributed by atoms with E-state index in [1.165, 1.54) is 19.1 Å². The van der Waals surface area contributed by atoms with Crippen LogP contribution in [0.25, 0.3) is 6.08 Å². The van der Waals surface area contributed by atoms with Crippen LogP contribution in [-0.4, -0.2) is 16.9 Å². The van der Waals surface area contributed by atoms with Crippen molar-refractivity contribution in [2.45, 2.75) is 6.92 Å². The molecule has 0 unspecified atom stereocenters. The summed E-state index contributed by atoms with van der Waals surface area (Å²) in [5.41, 5.74) is 1.08. The average Bonchev–Trinajstić information content (AvgIpc) is 2.15. The highest BCUT2D eigenvalue weighted by Gasteiger charge is 2.03. The molecule has 3 nitrogen and oxygen atoms in total. The first kappa shape index (κ1) is 11.5. The van der Waals surface area contributed by atoms with Gasteiger partial charge >= 0.3 is 5.97 Å². The number of benzene rings is 1. The van der Waals surface area contributed by atoms with Crippen molar-refractivity contribution < 1.29 is 14.7 Å². The maximum absolute atomic E-state index is 11.0. The summed E-state index contributed by atoms with van der Waals surface area (Å²) >= 11 is 5.86. The topological polar surface area (TPSA) is 54.4 Å². The maximum Gasteiger partial charge on any atom is 0.328 e. The average molecular weight is 225 g/mol. The lowest BCUT2D eigenvalue weighted by Crippen LogP contribution is -1.92. The number of aliphatic carboxylic acids is 1. The quantitative estimate of drug-likeness (QED) is 0.634. The minimum atomic E-state index is -1.04. The van der Waals surface area contributed by atoms with Crippen molar-refractivity contribution in [3.8, 4) is 0 Å². The Balaban J connectivity index is 3.03. The van der Waals surface area contributed by atoms with Gasteiger partial charge in [-0.2, -0.15) is 0 Å². The standard InChI is InChI=1S/C11H9ClO3/c1-7(13)9-3-2-8(10(12)6-9)4-5-11(14)15/h2-6H,1H3,(H,14,15). The summed E-state index contributed by atoms with van der Waals surface area (Å²) in [6.07, 6.45) is 2.38. The van der Waals surface area contributed by atoms with E-state index in [9.17, 15) is 9.59 Å². The maximum atomic E-state index is 11.0. The molecule has 0 saturated heterocycles. The molecule has 78 valence electrons. The van der Waals surface area contributed by atoms with Gasteiger partial charge in [0.2, 0.25) is 0 Å². The van der Waals surface area contributed by atoms with Gasteiger partial charge < -0.3 is 5.11 Å². The number of carbonyl (C=O) groups excluding carboxylic acids is 1. The molecule has 1 N–H and O–H groups in total. The summed E-state index contributed by atoms with van der Waals surface area (Å²) < 4.78 is 0. The van der Waals surface area contributed by atoms with E-state index < -0.39 is 5.97 Å². The smallest absolute Gasteiger partial charge is 0.328 e. The summed E-state index contributed by atoms with van der Waals surface area (Å²) in [4.78, 5) is 21.3. The normalized spacial score (nSPS) is 10.5. The summed E-state index contributed by atoms with van der Waals surface area (Å²) in [5, 5.41) is 8.79. The number of Topliss-reactive ketones (excluding diaryl/α,β-unsaturated/α-hetero) is 1. The molecule has 4 heteroatoms. The molecule has 15 heavy (non-hydrogen) atoms. The molecule has 0 aliphatic rings. The van der Waals surface area contributed by atoms with E-state index in [0.29, 0.717) is 16.1 Å². The van der Waals surface area contributed by atoms with Gasteiger partial charge in [0.05, 0.1) is 0 Å². The predicted octanol–water partition coefficient (Wildman–Crippen LogP) is 2.64. The summed E-state index contributed by atoms with van der Waals surface area (Å²) in [7, 11) is 0. The summed E-state index contributed by atoms with van der Waals surface area (Å²) in [6.45, 7) is 1.44. The molecule has 0 atom stereocenters. The molecule has 0 amide bonds. The van der Waals surface area contributed by atoms with Gasteiger partial charge in [0.1, 0.15) is 0 Å². The number of hydrogen-bond acceptors (Lipinski definition) is 2. The van der Waals surface area contributed by atoms with E-state index in [-0.39, 0.29) is 5.78 Å². The lowest BCUT2D eigenvalue weighted by molar-refractivity contribution is -0.131. The van der Waals surface area contributed by atoms with Gasteiger partial charge in [-0.15, -0.1) is 0 Å². The van der Waals surface area contributed by atoms with Crippen LogP contribution >= 0.6 is 11.6 Å². The molecule has 1 rings (SSSR count). The fraction of sp³-hybridized carbons (Fsp3) is 0.0909. The second kappa shape index (κ2) is 4.75. The third kappa shape index (κ3) is 3.22. The molecule has 0 radical (unpaired) electrons. The number of rotatable bonds is 3. The van der Waals surface area contributed by atoms with Gasteiger partial charge in [-0.1, -0.05) is 23.7 Å². The largest absolute Gasteiger partial charge is 0.478 e. The van der Waals surface area contributed by atoms with Crippen molar-refractivity contribution >= 4 is 29.4 Å². The fourth-order valence-electron chi connectivity index (χ4n) is 1.04. The van der Waals surface area contributed by atoms with Crippen LogP contribution in [0.15, 0.2) is 24.3 Å². The summed E-state index contributed by atoms with van der Waals surface area (Å²) in [5.74, 6) is -1.12. The minimum absolute atomic E-state index is 0.0781. The van der Waals surface area contributed by atoms with Crippen LogP contribution in [0, 0.1) is 0 Å². The Morgan fingerprint density at radius 2 is 2.07 bits per heavy atom. The van der Waals surface area contributed by atoms with E-state index in [2.05, 4.69) is 0 Å². The van der Waals surface area contributed by atoms with E-state index in [1.807, 2.05) is 0 Å². The summed E-state index contributed by atoms with van der Waals surface area (Å²) in [6, 6.07) is 4.74. The second-order valence-corrected chi connectivity index (χ2v) is 3.37. The van der Waals surface area contributed by atoms with Gasteiger partial charge in [0.25, 0.3) is 0 Å². The molecular formula is C11H9ClO3. The molecule has 0 aliphatic heterocycles. The van der Waals surface area contributed by atoms with Crippen LogP contribution in [0.5, 0.6) is 0 Å². The van der Waals surface area contributed by atoms with Crippen LogP contribution in [0.3, 0.4) is 0 Å². The van der Waals surface area contributed by atoms with Crippen molar-refractivity contribution in [3.63, 3.8) is 0 Å². The lowest BCUT2D eigenvalue weighted by atomic mass is 10.1. The van der Waals surface area contributed by atoms with Gasteiger partial charge in [-0.25, -0.2) is 4.79 Å². The molecule has 1 aromatic carbocycles. The highest BCUT2D eigenvalue weighted by atomic mass is 35.5.